The van der Waals surface area contributed by atoms with Gasteiger partial charge in [-0.15, -0.1) is 11.6 Å². The summed E-state index contributed by atoms with van der Waals surface area (Å²) in [6.45, 7) is 5.57. The van der Waals surface area contributed by atoms with Crippen LogP contribution in [0.5, 0.6) is 0 Å². The molecule has 0 saturated carbocycles. The molecule has 0 aliphatic rings. The molecule has 3 nitrogen and oxygen atoms in total. The summed E-state index contributed by atoms with van der Waals surface area (Å²) in [5, 5.41) is 0. The fourth-order valence-electron chi connectivity index (χ4n) is 1.66. The summed E-state index contributed by atoms with van der Waals surface area (Å²) in [7, 11) is 3.71. The minimum absolute atomic E-state index is 0.492. The molecule has 16 heavy (non-hydrogen) atoms. The fourth-order valence-corrected chi connectivity index (χ4v) is 1.99. The van der Waals surface area contributed by atoms with Crippen molar-refractivity contribution in [2.75, 3.05) is 32.2 Å². The number of aromatic nitrogens is 1. The number of rotatable bonds is 5. The SMILES string of the molecule is COCCN(C)c1nc(C)cc(C)c1CCl. The molecule has 0 fully saturated rings. The maximum atomic E-state index is 5.97. The van der Waals surface area contributed by atoms with Gasteiger partial charge in [-0.3, -0.25) is 0 Å². The quantitative estimate of drug-likeness (QED) is 0.742. The van der Waals surface area contributed by atoms with Crippen LogP contribution >= 0.6 is 11.6 Å². The Morgan fingerprint density at radius 2 is 2.12 bits per heavy atom. The highest BCUT2D eigenvalue weighted by atomic mass is 35.5. The molecule has 0 atom stereocenters. The van der Waals surface area contributed by atoms with Crippen LogP contribution in [-0.2, 0) is 10.6 Å². The van der Waals surface area contributed by atoms with E-state index < -0.39 is 0 Å². The van der Waals surface area contributed by atoms with Gasteiger partial charge < -0.3 is 9.64 Å². The Labute approximate surface area is 102 Å². The van der Waals surface area contributed by atoms with Gasteiger partial charge in [0.05, 0.1) is 12.5 Å². The van der Waals surface area contributed by atoms with Crippen molar-refractivity contribution in [1.82, 2.24) is 4.98 Å². The molecule has 0 amide bonds. The highest BCUT2D eigenvalue weighted by Crippen LogP contribution is 2.23. The molecule has 4 heteroatoms. The van der Waals surface area contributed by atoms with Gasteiger partial charge >= 0.3 is 0 Å². The Morgan fingerprint density at radius 1 is 1.44 bits per heavy atom. The number of nitrogens with zero attached hydrogens (tertiary/aromatic N) is 2. The lowest BCUT2D eigenvalue weighted by molar-refractivity contribution is 0.206. The lowest BCUT2D eigenvalue weighted by atomic mass is 10.1. The van der Waals surface area contributed by atoms with Gasteiger partial charge in [-0.05, 0) is 25.5 Å². The molecule has 0 radical (unpaired) electrons. The molecule has 1 heterocycles. The van der Waals surface area contributed by atoms with E-state index in [4.69, 9.17) is 16.3 Å². The molecule has 1 aromatic rings. The number of hydrogen-bond donors (Lipinski definition) is 0. The molecular weight excluding hydrogens is 224 g/mol. The van der Waals surface area contributed by atoms with Gasteiger partial charge in [0.25, 0.3) is 0 Å². The molecule has 0 saturated heterocycles. The van der Waals surface area contributed by atoms with Crippen molar-refractivity contribution in [1.29, 1.82) is 0 Å². The van der Waals surface area contributed by atoms with Gasteiger partial charge in [0, 0.05) is 32.0 Å². The monoisotopic (exact) mass is 242 g/mol. The number of pyridine rings is 1. The van der Waals surface area contributed by atoms with Crippen molar-refractivity contribution in [2.24, 2.45) is 0 Å². The van der Waals surface area contributed by atoms with Gasteiger partial charge in [0.15, 0.2) is 0 Å². The third-order valence-electron chi connectivity index (χ3n) is 2.58. The highest BCUT2D eigenvalue weighted by Gasteiger charge is 2.11. The summed E-state index contributed by atoms with van der Waals surface area (Å²) in [5.41, 5.74) is 3.32. The van der Waals surface area contributed by atoms with E-state index in [1.165, 1.54) is 5.56 Å². The average molecular weight is 243 g/mol. The molecule has 0 bridgehead atoms. The van der Waals surface area contributed by atoms with Crippen LogP contribution in [0.25, 0.3) is 0 Å². The Balaban J connectivity index is 3.00. The van der Waals surface area contributed by atoms with Crippen molar-refractivity contribution < 1.29 is 4.74 Å². The van der Waals surface area contributed by atoms with Crippen molar-refractivity contribution in [2.45, 2.75) is 19.7 Å². The van der Waals surface area contributed by atoms with E-state index in [2.05, 4.69) is 22.9 Å². The van der Waals surface area contributed by atoms with Crippen molar-refractivity contribution in [3.63, 3.8) is 0 Å². The minimum Gasteiger partial charge on any atom is -0.383 e. The molecule has 0 N–H and O–H groups in total. The topological polar surface area (TPSA) is 25.4 Å². The summed E-state index contributed by atoms with van der Waals surface area (Å²) >= 11 is 5.97. The maximum Gasteiger partial charge on any atom is 0.133 e. The van der Waals surface area contributed by atoms with Crippen LogP contribution in [0, 0.1) is 13.8 Å². The number of halogens is 1. The van der Waals surface area contributed by atoms with Gasteiger partial charge in [-0.1, -0.05) is 0 Å². The predicted octanol–water partition coefficient (Wildman–Crippen LogP) is 2.52. The van der Waals surface area contributed by atoms with Crippen LogP contribution in [0.4, 0.5) is 5.82 Å². The first kappa shape index (κ1) is 13.3. The van der Waals surface area contributed by atoms with E-state index in [0.29, 0.717) is 12.5 Å². The van der Waals surface area contributed by atoms with Gasteiger partial charge in [-0.25, -0.2) is 4.98 Å². The highest BCUT2D eigenvalue weighted by molar-refractivity contribution is 6.17. The summed E-state index contributed by atoms with van der Waals surface area (Å²) in [6, 6.07) is 2.06. The number of hydrogen-bond acceptors (Lipinski definition) is 3. The van der Waals surface area contributed by atoms with Gasteiger partial charge in [-0.2, -0.15) is 0 Å². The van der Waals surface area contributed by atoms with Crippen molar-refractivity contribution >= 4 is 17.4 Å². The summed E-state index contributed by atoms with van der Waals surface area (Å²) < 4.78 is 5.07. The van der Waals surface area contributed by atoms with E-state index in [1.807, 2.05) is 14.0 Å². The molecule has 90 valence electrons. The Morgan fingerprint density at radius 3 is 2.69 bits per heavy atom. The standard InChI is InChI=1S/C12H19ClN2O/c1-9-7-10(2)14-12(11(9)8-13)15(3)5-6-16-4/h7H,5-6,8H2,1-4H3. The molecule has 0 aliphatic carbocycles. The fraction of sp³-hybridized carbons (Fsp3) is 0.583. The second kappa shape index (κ2) is 6.06. The summed E-state index contributed by atoms with van der Waals surface area (Å²) in [4.78, 5) is 6.63. The minimum atomic E-state index is 0.492. The Hall–Kier alpha value is -0.800. The molecule has 1 rings (SSSR count). The number of alkyl halides is 1. The van der Waals surface area contributed by atoms with Crippen LogP contribution < -0.4 is 4.90 Å². The predicted molar refractivity (Wildman–Crippen MR) is 68.4 cm³/mol. The first-order valence-corrected chi connectivity index (χ1v) is 5.86. The zero-order valence-corrected chi connectivity index (χ0v) is 11.1. The zero-order valence-electron chi connectivity index (χ0n) is 10.4. The Bertz CT molecular complexity index is 355. The van der Waals surface area contributed by atoms with E-state index in [0.717, 1.165) is 23.6 Å². The van der Waals surface area contributed by atoms with Crippen LogP contribution in [0.2, 0.25) is 0 Å². The summed E-state index contributed by atoms with van der Waals surface area (Å²) in [6.07, 6.45) is 0. The molecule has 1 aromatic heterocycles. The normalized spacial score (nSPS) is 10.6. The largest absolute Gasteiger partial charge is 0.383 e. The van der Waals surface area contributed by atoms with Crippen LogP contribution in [0.15, 0.2) is 6.07 Å². The molecule has 0 aliphatic heterocycles. The first-order chi connectivity index (χ1) is 7.60. The second-order valence-corrected chi connectivity index (χ2v) is 4.20. The van der Waals surface area contributed by atoms with Gasteiger partial charge in [0.2, 0.25) is 0 Å². The molecule has 0 unspecified atom stereocenters. The molecule has 0 spiro atoms. The maximum absolute atomic E-state index is 5.97. The Kier molecular flexibility index (Phi) is 5.03. The number of methoxy groups -OCH3 is 1. The molecular formula is C12H19ClN2O. The van der Waals surface area contributed by atoms with E-state index >= 15 is 0 Å². The average Bonchev–Trinajstić information content (AvgIpc) is 2.24. The van der Waals surface area contributed by atoms with Crippen LogP contribution in [0.1, 0.15) is 16.8 Å². The zero-order chi connectivity index (χ0) is 12.1. The first-order valence-electron chi connectivity index (χ1n) is 5.33. The van der Waals surface area contributed by atoms with Crippen LogP contribution in [0.3, 0.4) is 0 Å². The van der Waals surface area contributed by atoms with Crippen molar-refractivity contribution in [3.05, 3.63) is 22.9 Å². The third kappa shape index (κ3) is 3.09. The summed E-state index contributed by atoms with van der Waals surface area (Å²) in [5.74, 6) is 1.45. The lowest BCUT2D eigenvalue weighted by Gasteiger charge is -2.22. The number of likely N-dealkylation sites (N-methyl/N-ethyl adjacent to an activating group) is 1. The lowest BCUT2D eigenvalue weighted by Crippen LogP contribution is -2.24. The van der Waals surface area contributed by atoms with E-state index in [9.17, 15) is 0 Å². The second-order valence-electron chi connectivity index (χ2n) is 3.93. The molecule has 0 aromatic carbocycles. The number of ether oxygens (including phenoxy) is 1. The van der Waals surface area contributed by atoms with Gasteiger partial charge in [0.1, 0.15) is 5.82 Å². The van der Waals surface area contributed by atoms with Crippen LogP contribution in [-0.4, -0.2) is 32.3 Å². The smallest absolute Gasteiger partial charge is 0.133 e. The third-order valence-corrected chi connectivity index (χ3v) is 2.85. The van der Waals surface area contributed by atoms with Crippen molar-refractivity contribution in [3.8, 4) is 0 Å². The van der Waals surface area contributed by atoms with E-state index in [1.54, 1.807) is 7.11 Å². The van der Waals surface area contributed by atoms with E-state index in [-0.39, 0.29) is 0 Å². The number of anilines is 1. The number of aryl methyl sites for hydroxylation is 2.